The lowest BCUT2D eigenvalue weighted by molar-refractivity contribution is -0.116. The number of hydrogen-bond acceptors (Lipinski definition) is 4. The van der Waals surface area contributed by atoms with Crippen molar-refractivity contribution in [1.29, 1.82) is 0 Å². The summed E-state index contributed by atoms with van der Waals surface area (Å²) in [6.45, 7) is 3.47. The molecule has 7 heteroatoms. The fraction of sp³-hybridized carbons (Fsp3) is 0.200. The van der Waals surface area contributed by atoms with E-state index in [2.05, 4.69) is 5.32 Å². The Balaban J connectivity index is 1.37. The van der Waals surface area contributed by atoms with Crippen molar-refractivity contribution in [2.45, 2.75) is 6.92 Å². The van der Waals surface area contributed by atoms with E-state index in [1.807, 2.05) is 73.7 Å². The lowest BCUT2D eigenvalue weighted by Crippen LogP contribution is -2.37. The van der Waals surface area contributed by atoms with E-state index in [0.717, 1.165) is 11.4 Å². The first-order valence-electron chi connectivity index (χ1n) is 10.5. The van der Waals surface area contributed by atoms with Crippen molar-refractivity contribution in [2.75, 3.05) is 36.5 Å². The lowest BCUT2D eigenvalue weighted by atomic mass is 10.2. The van der Waals surface area contributed by atoms with Crippen LogP contribution in [0.1, 0.15) is 6.92 Å². The Morgan fingerprint density at radius 3 is 2.38 bits per heavy atom. The van der Waals surface area contributed by atoms with Crippen LogP contribution in [0.25, 0.3) is 0 Å². The monoisotopic (exact) mass is 431 g/mol. The molecule has 4 rings (SSSR count). The predicted octanol–water partition coefficient (Wildman–Crippen LogP) is 4.76. The summed E-state index contributed by atoms with van der Waals surface area (Å²) in [6.07, 6.45) is 0. The second kappa shape index (κ2) is 9.87. The third kappa shape index (κ3) is 5.00. The van der Waals surface area contributed by atoms with Gasteiger partial charge in [0.2, 0.25) is 5.91 Å². The van der Waals surface area contributed by atoms with Crippen molar-refractivity contribution >= 4 is 23.3 Å². The van der Waals surface area contributed by atoms with Crippen LogP contribution in [0.3, 0.4) is 0 Å². The van der Waals surface area contributed by atoms with E-state index in [-0.39, 0.29) is 18.5 Å². The van der Waals surface area contributed by atoms with Gasteiger partial charge in [-0.25, -0.2) is 4.79 Å². The molecule has 3 aromatic carbocycles. The number of ether oxygens (including phenoxy) is 2. The largest absolute Gasteiger partial charge is 0.494 e. The quantitative estimate of drug-likeness (QED) is 0.558. The Kier molecular flexibility index (Phi) is 6.55. The normalized spacial score (nSPS) is 13.2. The summed E-state index contributed by atoms with van der Waals surface area (Å²) < 4.78 is 11.3. The fourth-order valence-corrected chi connectivity index (χ4v) is 3.50. The average Bonchev–Trinajstić information content (AvgIpc) is 3.16. The molecule has 164 valence electrons. The number of para-hydroxylation sites is 3. The molecule has 1 N–H and O–H groups in total. The molecule has 0 radical (unpaired) electrons. The highest BCUT2D eigenvalue weighted by molar-refractivity contribution is 5.99. The van der Waals surface area contributed by atoms with Crippen LogP contribution in [0.2, 0.25) is 0 Å². The van der Waals surface area contributed by atoms with Crippen LogP contribution < -0.4 is 19.7 Å². The molecule has 0 aliphatic carbocycles. The standard InChI is InChI=1S/C25H25N3O4/c1-2-31-20-14-12-19(13-15-20)28-17-16-27(25(28)30)18-24(29)26-22-10-6-7-11-23(22)32-21-8-4-3-5-9-21/h3-15H,2,16-18H2,1H3,(H,26,29). The van der Waals surface area contributed by atoms with Gasteiger partial charge in [-0.05, 0) is 55.5 Å². The minimum Gasteiger partial charge on any atom is -0.494 e. The number of carbonyl (C=O) groups is 2. The third-order valence-corrected chi connectivity index (χ3v) is 5.02. The van der Waals surface area contributed by atoms with E-state index < -0.39 is 0 Å². The highest BCUT2D eigenvalue weighted by Gasteiger charge is 2.31. The van der Waals surface area contributed by atoms with Crippen molar-refractivity contribution in [3.63, 3.8) is 0 Å². The molecular formula is C25H25N3O4. The number of rotatable bonds is 8. The summed E-state index contributed by atoms with van der Waals surface area (Å²) in [5.41, 5.74) is 1.33. The Morgan fingerprint density at radius 2 is 1.62 bits per heavy atom. The molecule has 0 aromatic heterocycles. The first kappa shape index (κ1) is 21.2. The Labute approximate surface area is 187 Å². The topological polar surface area (TPSA) is 71.1 Å². The van der Waals surface area contributed by atoms with Crippen LogP contribution >= 0.6 is 0 Å². The molecule has 1 saturated heterocycles. The zero-order valence-corrected chi connectivity index (χ0v) is 17.9. The van der Waals surface area contributed by atoms with Gasteiger partial charge in [0.1, 0.15) is 18.0 Å². The van der Waals surface area contributed by atoms with Gasteiger partial charge in [0, 0.05) is 18.8 Å². The molecular weight excluding hydrogens is 406 g/mol. The molecule has 1 aliphatic rings. The van der Waals surface area contributed by atoms with Gasteiger partial charge in [0.05, 0.1) is 12.3 Å². The first-order chi connectivity index (χ1) is 15.6. The minimum atomic E-state index is -0.281. The molecule has 0 bridgehead atoms. The molecule has 3 amide bonds. The van der Waals surface area contributed by atoms with E-state index in [1.165, 1.54) is 4.90 Å². The Morgan fingerprint density at radius 1 is 0.906 bits per heavy atom. The van der Waals surface area contributed by atoms with Crippen molar-refractivity contribution in [3.8, 4) is 17.2 Å². The number of hydrogen-bond donors (Lipinski definition) is 1. The zero-order valence-electron chi connectivity index (χ0n) is 17.9. The van der Waals surface area contributed by atoms with Gasteiger partial charge in [0.15, 0.2) is 5.75 Å². The van der Waals surface area contributed by atoms with Gasteiger partial charge < -0.3 is 19.7 Å². The number of nitrogens with zero attached hydrogens (tertiary/aromatic N) is 2. The maximum atomic E-state index is 12.8. The van der Waals surface area contributed by atoms with Gasteiger partial charge in [0.25, 0.3) is 0 Å². The highest BCUT2D eigenvalue weighted by atomic mass is 16.5. The molecule has 0 saturated carbocycles. The molecule has 1 heterocycles. The summed E-state index contributed by atoms with van der Waals surface area (Å²) in [5, 5.41) is 2.86. The average molecular weight is 431 g/mol. The number of nitrogens with one attached hydrogen (secondary N) is 1. The summed E-state index contributed by atoms with van der Waals surface area (Å²) in [7, 11) is 0. The van der Waals surface area contributed by atoms with Gasteiger partial charge in [-0.1, -0.05) is 30.3 Å². The molecule has 0 spiro atoms. The summed E-state index contributed by atoms with van der Waals surface area (Å²) in [5.74, 6) is 1.69. The van der Waals surface area contributed by atoms with E-state index in [1.54, 1.807) is 17.0 Å². The zero-order chi connectivity index (χ0) is 22.3. The second-order valence-corrected chi connectivity index (χ2v) is 7.24. The molecule has 32 heavy (non-hydrogen) atoms. The van der Waals surface area contributed by atoms with Crippen LogP contribution in [0.15, 0.2) is 78.9 Å². The van der Waals surface area contributed by atoms with Crippen molar-refractivity contribution in [3.05, 3.63) is 78.9 Å². The second-order valence-electron chi connectivity index (χ2n) is 7.24. The predicted molar refractivity (Wildman–Crippen MR) is 124 cm³/mol. The Bertz CT molecular complexity index is 1070. The molecule has 0 unspecified atom stereocenters. The van der Waals surface area contributed by atoms with Gasteiger partial charge >= 0.3 is 6.03 Å². The molecule has 3 aromatic rings. The maximum Gasteiger partial charge on any atom is 0.325 e. The molecule has 7 nitrogen and oxygen atoms in total. The van der Waals surface area contributed by atoms with Crippen LogP contribution in [0.4, 0.5) is 16.2 Å². The number of anilines is 2. The van der Waals surface area contributed by atoms with Crippen molar-refractivity contribution in [1.82, 2.24) is 4.90 Å². The molecule has 1 fully saturated rings. The third-order valence-electron chi connectivity index (χ3n) is 5.02. The summed E-state index contributed by atoms with van der Waals surface area (Å²) in [4.78, 5) is 28.7. The van der Waals surface area contributed by atoms with Crippen LogP contribution in [-0.4, -0.2) is 43.1 Å². The molecule has 0 atom stereocenters. The number of carbonyl (C=O) groups excluding carboxylic acids is 2. The van der Waals surface area contributed by atoms with Crippen molar-refractivity contribution in [2.24, 2.45) is 0 Å². The van der Waals surface area contributed by atoms with E-state index in [0.29, 0.717) is 36.9 Å². The minimum absolute atomic E-state index is 0.0357. The number of benzene rings is 3. The van der Waals surface area contributed by atoms with Gasteiger partial charge in [-0.2, -0.15) is 0 Å². The van der Waals surface area contributed by atoms with E-state index >= 15 is 0 Å². The van der Waals surface area contributed by atoms with Crippen LogP contribution in [-0.2, 0) is 4.79 Å². The van der Waals surface area contributed by atoms with Crippen LogP contribution in [0.5, 0.6) is 17.2 Å². The van der Waals surface area contributed by atoms with Crippen molar-refractivity contribution < 1.29 is 19.1 Å². The fourth-order valence-electron chi connectivity index (χ4n) is 3.50. The number of urea groups is 1. The SMILES string of the molecule is CCOc1ccc(N2CCN(CC(=O)Nc3ccccc3Oc3ccccc3)C2=O)cc1. The molecule has 1 aliphatic heterocycles. The first-order valence-corrected chi connectivity index (χ1v) is 10.5. The van der Waals surface area contributed by atoms with E-state index in [9.17, 15) is 9.59 Å². The summed E-state index contributed by atoms with van der Waals surface area (Å²) >= 11 is 0. The summed E-state index contributed by atoms with van der Waals surface area (Å²) in [6, 6.07) is 23.8. The number of amides is 3. The van der Waals surface area contributed by atoms with Crippen LogP contribution in [0, 0.1) is 0 Å². The van der Waals surface area contributed by atoms with E-state index in [4.69, 9.17) is 9.47 Å². The lowest BCUT2D eigenvalue weighted by Gasteiger charge is -2.19. The van der Waals surface area contributed by atoms with Gasteiger partial charge in [-0.3, -0.25) is 9.69 Å². The highest BCUT2D eigenvalue weighted by Crippen LogP contribution is 2.29. The van der Waals surface area contributed by atoms with Gasteiger partial charge in [-0.15, -0.1) is 0 Å². The maximum absolute atomic E-state index is 12.8. The smallest absolute Gasteiger partial charge is 0.325 e. The Hall–Kier alpha value is -4.00.